The van der Waals surface area contributed by atoms with Gasteiger partial charge in [0.05, 0.1) is 0 Å². The maximum atomic E-state index is 12.9. The van der Waals surface area contributed by atoms with Crippen LogP contribution in [0, 0.1) is 0 Å². The first-order valence-electron chi connectivity index (χ1n) is 35.9. The van der Waals surface area contributed by atoms with Gasteiger partial charge >= 0.3 is 17.9 Å². The topological polar surface area (TPSA) is 78.9 Å². The van der Waals surface area contributed by atoms with Gasteiger partial charge in [-0.05, 0) is 89.9 Å². The van der Waals surface area contributed by atoms with Crippen LogP contribution in [0.4, 0.5) is 0 Å². The van der Waals surface area contributed by atoms with Gasteiger partial charge in [0.15, 0.2) is 6.10 Å². The number of hydrogen-bond donors (Lipinski definition) is 0. The molecule has 0 aliphatic rings. The van der Waals surface area contributed by atoms with Gasteiger partial charge in [0.25, 0.3) is 0 Å². The van der Waals surface area contributed by atoms with Crippen LogP contribution in [-0.4, -0.2) is 37.2 Å². The van der Waals surface area contributed by atoms with Crippen LogP contribution in [0.3, 0.4) is 0 Å². The minimum absolute atomic E-state index is 0.0747. The zero-order valence-electron chi connectivity index (χ0n) is 54.8. The Morgan fingerprint density at radius 3 is 0.756 bits per heavy atom. The van der Waals surface area contributed by atoms with E-state index in [-0.39, 0.29) is 31.1 Å². The second-order valence-corrected chi connectivity index (χ2v) is 24.1. The summed E-state index contributed by atoms with van der Waals surface area (Å²) in [5.41, 5.74) is 0. The highest BCUT2D eigenvalue weighted by Gasteiger charge is 2.19. The smallest absolute Gasteiger partial charge is 0.306 e. The number of allylic oxidation sites excluding steroid dienone is 12. The van der Waals surface area contributed by atoms with Crippen LogP contribution in [0.2, 0.25) is 0 Å². The molecule has 0 saturated carbocycles. The van der Waals surface area contributed by atoms with Crippen molar-refractivity contribution in [3.8, 4) is 0 Å². The zero-order chi connectivity index (χ0) is 59.2. The van der Waals surface area contributed by atoms with E-state index in [2.05, 4.69) is 93.7 Å². The second-order valence-electron chi connectivity index (χ2n) is 24.1. The Kier molecular flexibility index (Phi) is 67.6. The van der Waals surface area contributed by atoms with Crippen LogP contribution in [-0.2, 0) is 28.6 Å². The van der Waals surface area contributed by atoms with E-state index in [1.165, 1.54) is 225 Å². The highest BCUT2D eigenvalue weighted by molar-refractivity contribution is 5.71. The Morgan fingerprint density at radius 1 is 0.256 bits per heavy atom. The van der Waals surface area contributed by atoms with Crippen molar-refractivity contribution in [1.29, 1.82) is 0 Å². The summed E-state index contributed by atoms with van der Waals surface area (Å²) < 4.78 is 17.0. The molecule has 0 aromatic rings. The third-order valence-corrected chi connectivity index (χ3v) is 15.9. The third kappa shape index (κ3) is 67.6. The standard InChI is InChI=1S/C76H136O6/c1-4-7-10-13-16-19-22-25-28-30-31-32-33-34-35-36-37-38-39-40-41-42-43-44-45-46-49-51-54-57-60-63-66-69-75(78)81-72-73(71-80-74(77)68-65-62-59-56-53-50-47-27-24-21-18-15-12-9-6-3)82-76(79)70-67-64-61-58-55-52-48-29-26-23-20-17-14-11-8-5-2/h7,10,16,19-20,23,25,28-29,31-32,48,73H,4-6,8-9,11-15,17-18,21-22,24,26-27,30,33-47,49-72H2,1-3H3/b10-7-,19-16-,23-20-,28-25-,32-31-,48-29-. The van der Waals surface area contributed by atoms with E-state index in [0.717, 1.165) is 109 Å². The quantitative estimate of drug-likeness (QED) is 0.0261. The summed E-state index contributed by atoms with van der Waals surface area (Å²) in [4.78, 5) is 38.4. The summed E-state index contributed by atoms with van der Waals surface area (Å²) in [7, 11) is 0. The molecule has 476 valence electrons. The van der Waals surface area contributed by atoms with Gasteiger partial charge < -0.3 is 14.2 Å². The van der Waals surface area contributed by atoms with Crippen LogP contribution < -0.4 is 0 Å². The zero-order valence-corrected chi connectivity index (χ0v) is 54.8. The average molecular weight is 1150 g/mol. The highest BCUT2D eigenvalue weighted by Crippen LogP contribution is 2.18. The first kappa shape index (κ1) is 78.8. The monoisotopic (exact) mass is 1150 g/mol. The van der Waals surface area contributed by atoms with Crippen molar-refractivity contribution in [2.75, 3.05) is 13.2 Å². The fourth-order valence-corrected chi connectivity index (χ4v) is 10.6. The lowest BCUT2D eigenvalue weighted by Crippen LogP contribution is -2.30. The third-order valence-electron chi connectivity index (χ3n) is 15.9. The van der Waals surface area contributed by atoms with Gasteiger partial charge in [-0.2, -0.15) is 0 Å². The van der Waals surface area contributed by atoms with Crippen LogP contribution in [0.5, 0.6) is 0 Å². The molecule has 1 atom stereocenters. The molecule has 0 spiro atoms. The van der Waals surface area contributed by atoms with E-state index in [4.69, 9.17) is 14.2 Å². The van der Waals surface area contributed by atoms with Gasteiger partial charge in [0.1, 0.15) is 13.2 Å². The first-order chi connectivity index (χ1) is 40.5. The number of ether oxygens (including phenoxy) is 3. The van der Waals surface area contributed by atoms with Crippen molar-refractivity contribution in [3.05, 3.63) is 72.9 Å². The highest BCUT2D eigenvalue weighted by atomic mass is 16.6. The van der Waals surface area contributed by atoms with Crippen LogP contribution in [0.15, 0.2) is 72.9 Å². The van der Waals surface area contributed by atoms with Crippen molar-refractivity contribution in [2.45, 2.75) is 380 Å². The van der Waals surface area contributed by atoms with Crippen molar-refractivity contribution >= 4 is 17.9 Å². The number of unbranched alkanes of at least 4 members (excludes halogenated alkanes) is 43. The van der Waals surface area contributed by atoms with E-state index in [9.17, 15) is 14.4 Å². The van der Waals surface area contributed by atoms with Gasteiger partial charge in [0, 0.05) is 19.3 Å². The Morgan fingerprint density at radius 2 is 0.476 bits per heavy atom. The molecule has 0 heterocycles. The number of carbonyl (C=O) groups excluding carboxylic acids is 3. The summed E-state index contributed by atoms with van der Waals surface area (Å²) in [6.45, 7) is 6.56. The molecule has 0 rings (SSSR count). The largest absolute Gasteiger partial charge is 0.462 e. The van der Waals surface area contributed by atoms with Gasteiger partial charge in [0.2, 0.25) is 0 Å². The van der Waals surface area contributed by atoms with Crippen molar-refractivity contribution in [1.82, 2.24) is 0 Å². The molecule has 82 heavy (non-hydrogen) atoms. The number of esters is 3. The van der Waals surface area contributed by atoms with Crippen LogP contribution in [0.1, 0.15) is 374 Å². The van der Waals surface area contributed by atoms with Gasteiger partial charge in [-0.1, -0.05) is 338 Å². The predicted molar refractivity (Wildman–Crippen MR) is 358 cm³/mol. The molecule has 0 aliphatic heterocycles. The van der Waals surface area contributed by atoms with Crippen LogP contribution in [0.25, 0.3) is 0 Å². The molecule has 0 aromatic carbocycles. The number of hydrogen-bond acceptors (Lipinski definition) is 6. The maximum Gasteiger partial charge on any atom is 0.306 e. The van der Waals surface area contributed by atoms with Crippen molar-refractivity contribution in [2.24, 2.45) is 0 Å². The van der Waals surface area contributed by atoms with Crippen molar-refractivity contribution < 1.29 is 28.6 Å². The lowest BCUT2D eigenvalue weighted by Gasteiger charge is -2.18. The second kappa shape index (κ2) is 70.3. The Labute approximate surface area is 510 Å². The SMILES string of the molecule is CC/C=C\C/C=C\C/C=C\C/C=C\CCCCCCCCCCCCCCCCCCCCCCC(=O)OCC(COC(=O)CCCCCCCCCCCCCCCCC)OC(=O)CCCCCCC/C=C\C/C=C\CCCCCC. The molecule has 6 nitrogen and oxygen atoms in total. The predicted octanol–water partition coefficient (Wildman–Crippen LogP) is 24.8. The first-order valence-corrected chi connectivity index (χ1v) is 35.9. The molecule has 0 bridgehead atoms. The fourth-order valence-electron chi connectivity index (χ4n) is 10.6. The molecular formula is C76H136O6. The van der Waals surface area contributed by atoms with E-state index >= 15 is 0 Å². The molecule has 6 heteroatoms. The summed E-state index contributed by atoms with van der Waals surface area (Å²) in [6, 6.07) is 0. The van der Waals surface area contributed by atoms with E-state index in [1.54, 1.807) is 0 Å². The summed E-state index contributed by atoms with van der Waals surface area (Å²) in [5, 5.41) is 0. The molecule has 1 unspecified atom stereocenters. The molecule has 0 aromatic heterocycles. The maximum absolute atomic E-state index is 12.9. The van der Waals surface area contributed by atoms with Gasteiger partial charge in [-0.3, -0.25) is 14.4 Å². The lowest BCUT2D eigenvalue weighted by atomic mass is 10.0. The minimum Gasteiger partial charge on any atom is -0.462 e. The normalized spacial score (nSPS) is 12.5. The van der Waals surface area contributed by atoms with E-state index < -0.39 is 6.10 Å². The Bertz CT molecular complexity index is 1500. The molecule has 0 aliphatic carbocycles. The Hall–Kier alpha value is -3.15. The summed E-state index contributed by atoms with van der Waals surface area (Å²) >= 11 is 0. The molecule has 0 amide bonds. The molecular weight excluding hydrogens is 1010 g/mol. The van der Waals surface area contributed by atoms with Crippen molar-refractivity contribution in [3.63, 3.8) is 0 Å². The number of rotatable bonds is 66. The number of carbonyl (C=O) groups is 3. The van der Waals surface area contributed by atoms with E-state index in [1.807, 2.05) is 0 Å². The van der Waals surface area contributed by atoms with Crippen LogP contribution >= 0.6 is 0 Å². The lowest BCUT2D eigenvalue weighted by molar-refractivity contribution is -0.167. The Balaban J connectivity index is 4.16. The fraction of sp³-hybridized carbons (Fsp3) is 0.803. The summed E-state index contributed by atoms with van der Waals surface area (Å²) in [5.74, 6) is -0.864. The average Bonchev–Trinajstić information content (AvgIpc) is 3.47. The molecule has 0 radical (unpaired) electrons. The molecule has 0 fully saturated rings. The van der Waals surface area contributed by atoms with Gasteiger partial charge in [-0.15, -0.1) is 0 Å². The summed E-state index contributed by atoms with van der Waals surface area (Å²) in [6.07, 6.45) is 92.3. The van der Waals surface area contributed by atoms with Gasteiger partial charge in [-0.25, -0.2) is 0 Å². The van der Waals surface area contributed by atoms with E-state index in [0.29, 0.717) is 19.3 Å². The molecule has 0 saturated heterocycles. The minimum atomic E-state index is -0.780. The molecule has 0 N–H and O–H groups in total.